The number of nitrogens with zero attached hydrogens (tertiary/aromatic N) is 3. The Kier molecular flexibility index (Phi) is 9.33. The number of hydrogen-bond acceptors (Lipinski definition) is 4. The van der Waals surface area contributed by atoms with Gasteiger partial charge in [-0.05, 0) is 39.0 Å². The minimum Gasteiger partial charge on any atom is -0.379 e. The van der Waals surface area contributed by atoms with E-state index in [9.17, 15) is 0 Å². The van der Waals surface area contributed by atoms with Gasteiger partial charge < -0.3 is 15.4 Å². The third-order valence-corrected chi connectivity index (χ3v) is 5.80. The Labute approximate surface area is 167 Å². The molecule has 27 heavy (non-hydrogen) atoms. The predicted molar refractivity (Wildman–Crippen MR) is 114 cm³/mol. The number of morpholine rings is 1. The van der Waals surface area contributed by atoms with Gasteiger partial charge in [-0.1, -0.05) is 20.8 Å². The molecular formula is C21H43N5O. The van der Waals surface area contributed by atoms with Gasteiger partial charge in [-0.2, -0.15) is 0 Å². The summed E-state index contributed by atoms with van der Waals surface area (Å²) in [6.07, 6.45) is 1.18. The third kappa shape index (κ3) is 7.24. The quantitative estimate of drug-likeness (QED) is 0.498. The lowest BCUT2D eigenvalue weighted by Gasteiger charge is -2.34. The van der Waals surface area contributed by atoms with Gasteiger partial charge in [-0.25, -0.2) is 0 Å². The Bertz CT molecular complexity index is 448. The summed E-state index contributed by atoms with van der Waals surface area (Å²) in [7, 11) is 0. The van der Waals surface area contributed by atoms with E-state index in [4.69, 9.17) is 9.73 Å². The van der Waals surface area contributed by atoms with E-state index in [0.717, 1.165) is 51.9 Å². The number of aliphatic imine (C=N–C) groups is 1. The van der Waals surface area contributed by atoms with Crippen LogP contribution in [0.15, 0.2) is 4.99 Å². The topological polar surface area (TPSA) is 52.1 Å². The first-order valence-electron chi connectivity index (χ1n) is 11.0. The summed E-state index contributed by atoms with van der Waals surface area (Å²) in [4.78, 5) is 10.1. The third-order valence-electron chi connectivity index (χ3n) is 5.80. The van der Waals surface area contributed by atoms with Crippen molar-refractivity contribution in [2.45, 2.75) is 66.1 Å². The molecule has 2 rings (SSSR count). The number of guanidine groups is 1. The summed E-state index contributed by atoms with van der Waals surface area (Å²) in [5.41, 5.74) is 0. The molecule has 3 unspecified atom stereocenters. The molecule has 2 aliphatic rings. The first-order chi connectivity index (χ1) is 12.9. The second-order valence-corrected chi connectivity index (χ2v) is 8.93. The van der Waals surface area contributed by atoms with Gasteiger partial charge in [0.1, 0.15) is 0 Å². The van der Waals surface area contributed by atoms with E-state index in [1.165, 1.54) is 13.0 Å². The normalized spacial score (nSPS) is 26.7. The van der Waals surface area contributed by atoms with E-state index < -0.39 is 0 Å². The number of rotatable bonds is 8. The highest BCUT2D eigenvalue weighted by Gasteiger charge is 2.31. The zero-order valence-corrected chi connectivity index (χ0v) is 18.5. The molecule has 158 valence electrons. The zero-order valence-electron chi connectivity index (χ0n) is 18.5. The molecule has 6 nitrogen and oxygen atoms in total. The largest absolute Gasteiger partial charge is 0.379 e. The van der Waals surface area contributed by atoms with Crippen LogP contribution in [0.5, 0.6) is 0 Å². The van der Waals surface area contributed by atoms with Crippen molar-refractivity contribution in [1.82, 2.24) is 20.4 Å². The molecule has 2 saturated heterocycles. The summed E-state index contributed by atoms with van der Waals surface area (Å²) in [5, 5.41) is 7.18. The van der Waals surface area contributed by atoms with E-state index in [-0.39, 0.29) is 0 Å². The smallest absolute Gasteiger partial charge is 0.191 e. The van der Waals surface area contributed by atoms with Crippen LogP contribution in [0.2, 0.25) is 0 Å². The van der Waals surface area contributed by atoms with Gasteiger partial charge >= 0.3 is 0 Å². The molecule has 0 radical (unpaired) electrons. The lowest BCUT2D eigenvalue weighted by molar-refractivity contribution is 0.0143. The van der Waals surface area contributed by atoms with Crippen molar-refractivity contribution in [3.05, 3.63) is 0 Å². The highest BCUT2D eigenvalue weighted by Crippen LogP contribution is 2.19. The number of ether oxygens (including phenoxy) is 1. The summed E-state index contributed by atoms with van der Waals surface area (Å²) in [6, 6.07) is 1.57. The molecule has 3 atom stereocenters. The minimum atomic E-state index is 0.470. The van der Waals surface area contributed by atoms with Crippen LogP contribution in [0, 0.1) is 11.8 Å². The maximum atomic E-state index is 5.54. The molecular weight excluding hydrogens is 338 g/mol. The first-order valence-corrected chi connectivity index (χ1v) is 11.0. The van der Waals surface area contributed by atoms with Crippen LogP contribution in [0.25, 0.3) is 0 Å². The number of hydrogen-bond donors (Lipinski definition) is 2. The van der Waals surface area contributed by atoms with Crippen LogP contribution < -0.4 is 10.6 Å². The lowest BCUT2D eigenvalue weighted by Crippen LogP contribution is -2.48. The number of nitrogens with one attached hydrogen (secondary N) is 2. The van der Waals surface area contributed by atoms with Crippen molar-refractivity contribution in [2.75, 3.05) is 52.5 Å². The van der Waals surface area contributed by atoms with Crippen molar-refractivity contribution in [2.24, 2.45) is 16.8 Å². The van der Waals surface area contributed by atoms with Crippen LogP contribution in [-0.2, 0) is 4.74 Å². The van der Waals surface area contributed by atoms with Crippen molar-refractivity contribution < 1.29 is 4.74 Å². The average molecular weight is 382 g/mol. The van der Waals surface area contributed by atoms with Gasteiger partial charge in [0.15, 0.2) is 5.96 Å². The molecule has 0 amide bonds. The molecule has 0 aromatic carbocycles. The molecule has 0 aromatic rings. The highest BCUT2D eigenvalue weighted by molar-refractivity contribution is 5.80. The molecule has 2 heterocycles. The maximum Gasteiger partial charge on any atom is 0.191 e. The summed E-state index contributed by atoms with van der Waals surface area (Å²) < 4.78 is 5.54. The first kappa shape index (κ1) is 22.4. The SMILES string of the molecule is CCNC(=NCC(CC(C)C)N1CCOCC1)NC1CN(C(C)C)CC1C. The van der Waals surface area contributed by atoms with E-state index in [2.05, 4.69) is 62.0 Å². The van der Waals surface area contributed by atoms with Crippen molar-refractivity contribution in [3.8, 4) is 0 Å². The van der Waals surface area contributed by atoms with Crippen LogP contribution in [0.4, 0.5) is 0 Å². The Morgan fingerprint density at radius 2 is 1.81 bits per heavy atom. The van der Waals surface area contributed by atoms with E-state index in [0.29, 0.717) is 30.0 Å². The molecule has 6 heteroatoms. The molecule has 0 aromatic heterocycles. The monoisotopic (exact) mass is 381 g/mol. The van der Waals surface area contributed by atoms with E-state index in [1.807, 2.05) is 0 Å². The molecule has 2 aliphatic heterocycles. The Morgan fingerprint density at radius 1 is 1.11 bits per heavy atom. The number of likely N-dealkylation sites (tertiary alicyclic amines) is 1. The van der Waals surface area contributed by atoms with Gasteiger partial charge in [0, 0.05) is 50.8 Å². The molecule has 0 spiro atoms. The molecule has 0 saturated carbocycles. The molecule has 0 bridgehead atoms. The van der Waals surface area contributed by atoms with Crippen molar-refractivity contribution in [1.29, 1.82) is 0 Å². The Balaban J connectivity index is 1.99. The van der Waals surface area contributed by atoms with Gasteiger partial charge in [-0.15, -0.1) is 0 Å². The predicted octanol–water partition coefficient (Wildman–Crippen LogP) is 2.02. The van der Waals surface area contributed by atoms with Crippen LogP contribution >= 0.6 is 0 Å². The minimum absolute atomic E-state index is 0.470. The van der Waals surface area contributed by atoms with Crippen molar-refractivity contribution >= 4 is 5.96 Å². The fraction of sp³-hybridized carbons (Fsp3) is 0.952. The summed E-state index contributed by atoms with van der Waals surface area (Å²) in [6.45, 7) is 21.4. The average Bonchev–Trinajstić information content (AvgIpc) is 3.00. The van der Waals surface area contributed by atoms with Gasteiger partial charge in [-0.3, -0.25) is 14.8 Å². The van der Waals surface area contributed by atoms with Crippen LogP contribution in [-0.4, -0.2) is 86.4 Å². The maximum absolute atomic E-state index is 5.54. The summed E-state index contributed by atoms with van der Waals surface area (Å²) in [5.74, 6) is 2.29. The molecule has 0 aliphatic carbocycles. The second-order valence-electron chi connectivity index (χ2n) is 8.93. The fourth-order valence-electron chi connectivity index (χ4n) is 4.13. The van der Waals surface area contributed by atoms with Crippen molar-refractivity contribution in [3.63, 3.8) is 0 Å². The van der Waals surface area contributed by atoms with E-state index in [1.54, 1.807) is 0 Å². The Hall–Kier alpha value is -0.850. The van der Waals surface area contributed by atoms with Gasteiger partial charge in [0.05, 0.1) is 19.8 Å². The lowest BCUT2D eigenvalue weighted by atomic mass is 10.0. The fourth-order valence-corrected chi connectivity index (χ4v) is 4.13. The van der Waals surface area contributed by atoms with Crippen LogP contribution in [0.1, 0.15) is 48.0 Å². The molecule has 2 fully saturated rings. The van der Waals surface area contributed by atoms with Gasteiger partial charge in [0.25, 0.3) is 0 Å². The Morgan fingerprint density at radius 3 is 2.37 bits per heavy atom. The standard InChI is InChI=1S/C21H43N5O/c1-7-22-21(24-20-15-26(17(4)5)14-18(20)6)23-13-19(12-16(2)3)25-8-10-27-11-9-25/h16-20H,7-15H2,1-6H3,(H2,22,23,24). The zero-order chi connectivity index (χ0) is 19.8. The highest BCUT2D eigenvalue weighted by atomic mass is 16.5. The van der Waals surface area contributed by atoms with Gasteiger partial charge in [0.2, 0.25) is 0 Å². The second kappa shape index (κ2) is 11.2. The summed E-state index contributed by atoms with van der Waals surface area (Å²) >= 11 is 0. The van der Waals surface area contributed by atoms with E-state index >= 15 is 0 Å². The van der Waals surface area contributed by atoms with Crippen LogP contribution in [0.3, 0.4) is 0 Å². The molecule has 2 N–H and O–H groups in total.